The molecule has 2 aromatic rings. The molecule has 0 saturated carbocycles. The van der Waals surface area contributed by atoms with Crippen LogP contribution in [0.15, 0.2) is 40.8 Å². The van der Waals surface area contributed by atoms with E-state index in [0.29, 0.717) is 0 Å². The molecule has 25 heavy (non-hydrogen) atoms. The highest BCUT2D eigenvalue weighted by atomic mass is 16.6. The van der Waals surface area contributed by atoms with Crippen LogP contribution >= 0.6 is 0 Å². The van der Waals surface area contributed by atoms with E-state index in [1.54, 1.807) is 0 Å². The molecule has 3 rings (SSSR count). The van der Waals surface area contributed by atoms with Gasteiger partial charge in [0.1, 0.15) is 13.2 Å². The monoisotopic (exact) mass is 348 g/mol. The minimum absolute atomic E-state index is 0.0221. The molecule has 0 unspecified atom stereocenters. The molecule has 130 valence electrons. The maximum Gasteiger partial charge on any atom is 0.374 e. The van der Waals surface area contributed by atoms with E-state index < -0.39 is 23.9 Å². The van der Waals surface area contributed by atoms with Crippen molar-refractivity contribution in [1.29, 1.82) is 0 Å². The SMILES string of the molecule is O=C(O)c1ccc(C(=O)O)cc1.O=C1OCCOC(=O)c2ccc1o2. The lowest BCUT2D eigenvalue weighted by Gasteiger charge is -2.01. The van der Waals surface area contributed by atoms with E-state index in [9.17, 15) is 19.2 Å². The average Bonchev–Trinajstić information content (AvgIpc) is 3.10. The number of cyclic esters (lactones) is 2. The van der Waals surface area contributed by atoms with E-state index in [4.69, 9.17) is 24.1 Å². The smallest absolute Gasteiger partial charge is 0.374 e. The summed E-state index contributed by atoms with van der Waals surface area (Å²) >= 11 is 0. The summed E-state index contributed by atoms with van der Waals surface area (Å²) in [7, 11) is 0. The Bertz CT molecular complexity index is 736. The second kappa shape index (κ2) is 7.77. The van der Waals surface area contributed by atoms with Crippen LogP contribution in [0.2, 0.25) is 0 Å². The summed E-state index contributed by atoms with van der Waals surface area (Å²) in [5, 5.41) is 16.9. The largest absolute Gasteiger partial charge is 0.478 e. The van der Waals surface area contributed by atoms with Gasteiger partial charge in [-0.05, 0) is 36.4 Å². The van der Waals surface area contributed by atoms with Gasteiger partial charge in [0.2, 0.25) is 11.5 Å². The molecule has 9 nitrogen and oxygen atoms in total. The minimum atomic E-state index is -1.06. The van der Waals surface area contributed by atoms with Gasteiger partial charge in [-0.2, -0.15) is 0 Å². The number of carbonyl (C=O) groups excluding carboxylic acids is 2. The molecular weight excluding hydrogens is 336 g/mol. The second-order valence-corrected chi connectivity index (χ2v) is 4.62. The number of ether oxygens (including phenoxy) is 2. The third-order valence-corrected chi connectivity index (χ3v) is 2.94. The van der Waals surface area contributed by atoms with Crippen molar-refractivity contribution in [1.82, 2.24) is 0 Å². The highest BCUT2D eigenvalue weighted by Crippen LogP contribution is 2.12. The first kappa shape index (κ1) is 17.7. The zero-order valence-corrected chi connectivity index (χ0v) is 12.6. The maximum atomic E-state index is 11.1. The summed E-state index contributed by atoms with van der Waals surface area (Å²) in [6, 6.07) is 7.78. The molecule has 1 aromatic heterocycles. The quantitative estimate of drug-likeness (QED) is 0.775. The molecule has 1 aliphatic heterocycles. The van der Waals surface area contributed by atoms with Gasteiger partial charge in [0, 0.05) is 0 Å². The van der Waals surface area contributed by atoms with Gasteiger partial charge in [-0.3, -0.25) is 0 Å². The van der Waals surface area contributed by atoms with Gasteiger partial charge in [0.05, 0.1) is 11.1 Å². The van der Waals surface area contributed by atoms with Crippen LogP contribution in [0.25, 0.3) is 0 Å². The highest BCUT2D eigenvalue weighted by molar-refractivity contribution is 5.92. The second-order valence-electron chi connectivity index (χ2n) is 4.62. The van der Waals surface area contributed by atoms with Crippen LogP contribution in [0.1, 0.15) is 41.8 Å². The number of hydrogen-bond donors (Lipinski definition) is 2. The average molecular weight is 348 g/mol. The normalized spacial score (nSPS) is 13.1. The van der Waals surface area contributed by atoms with Gasteiger partial charge in [0.25, 0.3) is 0 Å². The first-order valence-corrected chi connectivity index (χ1v) is 6.89. The van der Waals surface area contributed by atoms with Gasteiger partial charge >= 0.3 is 23.9 Å². The molecule has 1 aliphatic rings. The van der Waals surface area contributed by atoms with Gasteiger partial charge < -0.3 is 24.1 Å². The van der Waals surface area contributed by atoms with Crippen molar-refractivity contribution < 1.29 is 43.3 Å². The molecule has 2 bridgehead atoms. The predicted molar refractivity (Wildman–Crippen MR) is 79.6 cm³/mol. The molecule has 0 spiro atoms. The molecule has 0 aliphatic carbocycles. The van der Waals surface area contributed by atoms with Crippen LogP contribution in [-0.2, 0) is 9.47 Å². The number of esters is 2. The maximum absolute atomic E-state index is 11.1. The van der Waals surface area contributed by atoms with Crippen LogP contribution in [0.3, 0.4) is 0 Å². The van der Waals surface area contributed by atoms with Gasteiger partial charge in [0.15, 0.2) is 0 Å². The summed E-state index contributed by atoms with van der Waals surface area (Å²) in [5.41, 5.74) is 0.167. The summed E-state index contributed by atoms with van der Waals surface area (Å²) in [5.74, 6) is -3.24. The lowest BCUT2D eigenvalue weighted by molar-refractivity contribution is 0.0274. The van der Waals surface area contributed by atoms with E-state index in [1.165, 1.54) is 36.4 Å². The van der Waals surface area contributed by atoms with Crippen molar-refractivity contribution in [2.75, 3.05) is 13.2 Å². The number of hydrogen-bond acceptors (Lipinski definition) is 7. The topological polar surface area (TPSA) is 140 Å². The van der Waals surface area contributed by atoms with Crippen molar-refractivity contribution in [3.63, 3.8) is 0 Å². The Morgan fingerprint density at radius 3 is 1.40 bits per heavy atom. The lowest BCUT2D eigenvalue weighted by atomic mass is 10.1. The molecule has 0 atom stereocenters. The molecule has 2 heterocycles. The van der Waals surface area contributed by atoms with E-state index in [1.807, 2.05) is 0 Å². The Balaban J connectivity index is 0.000000181. The van der Waals surface area contributed by atoms with Crippen LogP contribution in [0.5, 0.6) is 0 Å². The highest BCUT2D eigenvalue weighted by Gasteiger charge is 2.20. The van der Waals surface area contributed by atoms with Crippen LogP contribution in [0, 0.1) is 0 Å². The summed E-state index contributed by atoms with van der Waals surface area (Å²) < 4.78 is 14.3. The van der Waals surface area contributed by atoms with Crippen molar-refractivity contribution >= 4 is 23.9 Å². The first-order chi connectivity index (χ1) is 11.9. The number of carboxylic acids is 2. The Hall–Kier alpha value is -3.62. The number of rotatable bonds is 2. The third kappa shape index (κ3) is 4.67. The fourth-order valence-electron chi connectivity index (χ4n) is 1.72. The van der Waals surface area contributed by atoms with E-state index in [0.717, 1.165) is 0 Å². The summed E-state index contributed by atoms with van der Waals surface area (Å²) in [4.78, 5) is 42.8. The number of fused-ring (bicyclic) bond motifs is 2. The zero-order valence-electron chi connectivity index (χ0n) is 12.6. The minimum Gasteiger partial charge on any atom is -0.478 e. The number of aromatic carboxylic acids is 2. The number of carbonyl (C=O) groups is 4. The van der Waals surface area contributed by atoms with Crippen LogP contribution in [0.4, 0.5) is 0 Å². The molecule has 0 amide bonds. The standard InChI is InChI=1S/C8H6O5.C8H6O4/c9-7-5-1-2-6(13-5)8(10)12-4-3-11-7;9-7(10)5-1-2-6(4-3-5)8(11)12/h1-2H,3-4H2;1-4H,(H,9,10)(H,11,12). The summed E-state index contributed by atoms with van der Waals surface area (Å²) in [6.07, 6.45) is 0. The van der Waals surface area contributed by atoms with Crippen LogP contribution in [-0.4, -0.2) is 47.3 Å². The predicted octanol–water partition coefficient (Wildman–Crippen LogP) is 1.69. The summed E-state index contributed by atoms with van der Waals surface area (Å²) in [6.45, 7) is 0.108. The fraction of sp³-hybridized carbons (Fsp3) is 0.125. The Morgan fingerprint density at radius 1 is 0.720 bits per heavy atom. The molecule has 0 saturated heterocycles. The first-order valence-electron chi connectivity index (χ1n) is 6.89. The molecule has 0 radical (unpaired) electrons. The third-order valence-electron chi connectivity index (χ3n) is 2.94. The molecule has 1 aromatic carbocycles. The molecule has 9 heteroatoms. The van der Waals surface area contributed by atoms with Crippen molar-refractivity contribution in [3.05, 3.63) is 59.0 Å². The van der Waals surface area contributed by atoms with Gasteiger partial charge in [-0.15, -0.1) is 0 Å². The van der Waals surface area contributed by atoms with Crippen molar-refractivity contribution in [3.8, 4) is 0 Å². The zero-order chi connectivity index (χ0) is 18.4. The van der Waals surface area contributed by atoms with Gasteiger partial charge in [-0.25, -0.2) is 19.2 Å². The van der Waals surface area contributed by atoms with Gasteiger partial charge in [-0.1, -0.05) is 0 Å². The van der Waals surface area contributed by atoms with Crippen LogP contribution < -0.4 is 0 Å². The Morgan fingerprint density at radius 2 is 1.08 bits per heavy atom. The Kier molecular flexibility index (Phi) is 5.51. The number of furan rings is 1. The molecule has 2 N–H and O–H groups in total. The van der Waals surface area contributed by atoms with E-state index >= 15 is 0 Å². The Labute approximate surface area is 140 Å². The fourth-order valence-corrected chi connectivity index (χ4v) is 1.72. The number of carboxylic acid groups (broad SMARTS) is 2. The van der Waals surface area contributed by atoms with Crippen molar-refractivity contribution in [2.24, 2.45) is 0 Å². The lowest BCUT2D eigenvalue weighted by Crippen LogP contribution is -2.11. The van der Waals surface area contributed by atoms with E-state index in [-0.39, 0.29) is 35.9 Å². The molecular formula is C16H12O9. The number of benzene rings is 1. The molecule has 0 fully saturated rings. The van der Waals surface area contributed by atoms with Crippen molar-refractivity contribution in [2.45, 2.75) is 0 Å². The van der Waals surface area contributed by atoms with E-state index in [2.05, 4.69) is 0 Å².